The van der Waals surface area contributed by atoms with Crippen molar-refractivity contribution in [1.82, 2.24) is 0 Å². The van der Waals surface area contributed by atoms with Crippen LogP contribution in [-0.4, -0.2) is 50.3 Å². The molecule has 0 fully saturated rings. The first-order chi connectivity index (χ1) is 6.84. The number of rotatable bonds is 7. The second kappa shape index (κ2) is 6.90. The van der Waals surface area contributed by atoms with E-state index >= 15 is 0 Å². The lowest BCUT2D eigenvalue weighted by Crippen LogP contribution is -2.37. The molecule has 0 heterocycles. The molecule has 15 heavy (non-hydrogen) atoms. The van der Waals surface area contributed by atoms with Crippen molar-refractivity contribution < 1.29 is 24.4 Å². The van der Waals surface area contributed by atoms with Crippen LogP contribution in [0.5, 0.6) is 0 Å². The number of aliphatic carboxylic acids is 2. The van der Waals surface area contributed by atoms with E-state index in [2.05, 4.69) is 0 Å². The van der Waals surface area contributed by atoms with Gasteiger partial charge in [0.2, 0.25) is 10.2 Å². The molecular formula is C6H13N2O5S2+. The van der Waals surface area contributed by atoms with Crippen LogP contribution in [0, 0.1) is 0 Å². The van der Waals surface area contributed by atoms with Gasteiger partial charge in [-0.1, -0.05) is 0 Å². The van der Waals surface area contributed by atoms with Gasteiger partial charge in [0.15, 0.2) is 11.8 Å². The smallest absolute Gasteiger partial charge is 0.325 e. The standard InChI is InChI=1S/C6H12N2O5S2/c7-3(5(9)10)1-14-15(13)2-4(8)6(11)12/h3-4,13H,1-2,7-8H2,(H-,9,10,11,12)/p+1/t3-,4-,15?/m0/s1. The zero-order valence-corrected chi connectivity index (χ0v) is 9.33. The molecule has 0 aliphatic heterocycles. The van der Waals surface area contributed by atoms with Crippen molar-refractivity contribution >= 4 is 32.9 Å². The van der Waals surface area contributed by atoms with Crippen molar-refractivity contribution in [2.45, 2.75) is 12.1 Å². The maximum Gasteiger partial charge on any atom is 0.325 e. The van der Waals surface area contributed by atoms with E-state index in [1.807, 2.05) is 0 Å². The summed E-state index contributed by atoms with van der Waals surface area (Å²) in [6.07, 6.45) is 0. The average molecular weight is 257 g/mol. The molecule has 7 N–H and O–H groups in total. The van der Waals surface area contributed by atoms with Gasteiger partial charge in [0, 0.05) is 0 Å². The molecule has 0 rings (SSSR count). The highest BCUT2D eigenvalue weighted by Crippen LogP contribution is 2.14. The Kier molecular flexibility index (Phi) is 6.68. The third kappa shape index (κ3) is 6.57. The molecular weight excluding hydrogens is 244 g/mol. The molecule has 0 aromatic carbocycles. The number of carboxylic acid groups (broad SMARTS) is 2. The van der Waals surface area contributed by atoms with E-state index in [9.17, 15) is 14.1 Å². The summed E-state index contributed by atoms with van der Waals surface area (Å²) in [7, 11) is -0.398. The molecule has 0 saturated heterocycles. The Bertz CT molecular complexity index is 240. The van der Waals surface area contributed by atoms with Gasteiger partial charge in [-0.3, -0.25) is 9.59 Å². The Morgan fingerprint density at radius 1 is 1.20 bits per heavy atom. The summed E-state index contributed by atoms with van der Waals surface area (Å²) in [6, 6.07) is -2.22. The highest BCUT2D eigenvalue weighted by Gasteiger charge is 2.28. The number of hydrogen-bond donors (Lipinski definition) is 5. The summed E-state index contributed by atoms with van der Waals surface area (Å²) in [6.45, 7) is 0. The van der Waals surface area contributed by atoms with E-state index in [-0.39, 0.29) is 11.5 Å². The molecule has 3 atom stereocenters. The van der Waals surface area contributed by atoms with Gasteiger partial charge in [-0.15, -0.1) is 0 Å². The van der Waals surface area contributed by atoms with Crippen molar-refractivity contribution in [3.63, 3.8) is 0 Å². The summed E-state index contributed by atoms with van der Waals surface area (Å²) in [4.78, 5) is 20.6. The van der Waals surface area contributed by atoms with Crippen LogP contribution in [0.25, 0.3) is 0 Å². The van der Waals surface area contributed by atoms with Crippen LogP contribution >= 0.6 is 10.8 Å². The van der Waals surface area contributed by atoms with Gasteiger partial charge in [-0.2, -0.15) is 4.55 Å². The lowest BCUT2D eigenvalue weighted by Gasteiger charge is -2.04. The fraction of sp³-hybridized carbons (Fsp3) is 0.667. The lowest BCUT2D eigenvalue weighted by molar-refractivity contribution is -0.138. The van der Waals surface area contributed by atoms with Gasteiger partial charge >= 0.3 is 11.9 Å². The van der Waals surface area contributed by atoms with Crippen LogP contribution in [0.2, 0.25) is 0 Å². The van der Waals surface area contributed by atoms with Crippen molar-refractivity contribution in [3.05, 3.63) is 0 Å². The van der Waals surface area contributed by atoms with E-state index in [4.69, 9.17) is 21.7 Å². The van der Waals surface area contributed by atoms with Gasteiger partial charge < -0.3 is 21.7 Å². The first-order valence-electron chi connectivity index (χ1n) is 3.84. The number of nitrogens with two attached hydrogens (primary N) is 2. The Morgan fingerprint density at radius 2 is 1.67 bits per heavy atom. The molecule has 0 aromatic heterocycles. The van der Waals surface area contributed by atoms with Gasteiger partial charge in [-0.05, 0) is 0 Å². The molecule has 0 aliphatic rings. The summed E-state index contributed by atoms with van der Waals surface area (Å²) >= 11 is 0. The first-order valence-corrected chi connectivity index (χ1v) is 6.70. The van der Waals surface area contributed by atoms with Gasteiger partial charge in [0.25, 0.3) is 0 Å². The third-order valence-electron chi connectivity index (χ3n) is 1.34. The Labute approximate surface area is 92.8 Å². The van der Waals surface area contributed by atoms with E-state index < -0.39 is 34.2 Å². The maximum absolute atomic E-state index is 10.3. The molecule has 0 aliphatic carbocycles. The van der Waals surface area contributed by atoms with Crippen molar-refractivity contribution in [2.75, 3.05) is 11.5 Å². The van der Waals surface area contributed by atoms with Crippen molar-refractivity contribution in [1.29, 1.82) is 0 Å². The molecule has 0 saturated carbocycles. The summed E-state index contributed by atoms with van der Waals surface area (Å²) < 4.78 is 9.30. The zero-order valence-electron chi connectivity index (χ0n) is 7.70. The van der Waals surface area contributed by atoms with Crippen LogP contribution in [0.3, 0.4) is 0 Å². The molecule has 88 valence electrons. The topological polar surface area (TPSA) is 147 Å². The lowest BCUT2D eigenvalue weighted by atomic mass is 10.4. The van der Waals surface area contributed by atoms with Crippen LogP contribution in [0.1, 0.15) is 0 Å². The minimum atomic E-state index is -1.29. The maximum atomic E-state index is 10.3. The number of hydrogen-bond acceptors (Lipinski definition) is 6. The Morgan fingerprint density at radius 3 is 2.07 bits per heavy atom. The summed E-state index contributed by atoms with van der Waals surface area (Å²) in [5.74, 6) is -2.47. The third-order valence-corrected chi connectivity index (χ3v) is 4.38. The van der Waals surface area contributed by atoms with Crippen molar-refractivity contribution in [2.24, 2.45) is 11.5 Å². The quantitative estimate of drug-likeness (QED) is 0.275. The molecule has 0 amide bonds. The van der Waals surface area contributed by atoms with E-state index in [0.717, 1.165) is 10.8 Å². The SMILES string of the molecule is N[C@@H](CS[S+](O)C[C@H](N)C(=O)O)C(=O)O. The van der Waals surface area contributed by atoms with Crippen LogP contribution in [-0.2, 0) is 19.8 Å². The first kappa shape index (κ1) is 14.5. The fourth-order valence-corrected chi connectivity index (χ4v) is 3.13. The highest BCUT2D eigenvalue weighted by molar-refractivity contribution is 8.72. The van der Waals surface area contributed by atoms with Crippen LogP contribution < -0.4 is 11.5 Å². The monoisotopic (exact) mass is 257 g/mol. The van der Waals surface area contributed by atoms with Crippen molar-refractivity contribution in [3.8, 4) is 0 Å². The van der Waals surface area contributed by atoms with Crippen LogP contribution in [0.15, 0.2) is 0 Å². The normalized spacial score (nSPS) is 16.7. The predicted octanol–water partition coefficient (Wildman–Crippen LogP) is -1.45. The average Bonchev–Trinajstić information content (AvgIpc) is 2.13. The van der Waals surface area contributed by atoms with E-state index in [0.29, 0.717) is 0 Å². The van der Waals surface area contributed by atoms with Crippen LogP contribution in [0.4, 0.5) is 0 Å². The second-order valence-corrected chi connectivity index (χ2v) is 6.07. The fourth-order valence-electron chi connectivity index (χ4n) is 0.496. The predicted molar refractivity (Wildman–Crippen MR) is 58.5 cm³/mol. The minimum absolute atomic E-state index is 0.0152. The number of carbonyl (C=O) groups is 2. The van der Waals surface area contributed by atoms with E-state index in [1.165, 1.54) is 0 Å². The molecule has 0 bridgehead atoms. The second-order valence-electron chi connectivity index (χ2n) is 2.66. The molecule has 9 heteroatoms. The molecule has 0 aromatic rings. The van der Waals surface area contributed by atoms with Gasteiger partial charge in [-0.25, -0.2) is 0 Å². The van der Waals surface area contributed by atoms with Gasteiger partial charge in [0.05, 0.1) is 5.75 Å². The molecule has 1 unspecified atom stereocenters. The largest absolute Gasteiger partial charge is 0.480 e. The highest BCUT2D eigenvalue weighted by atomic mass is 33.1. The Balaban J connectivity index is 3.79. The minimum Gasteiger partial charge on any atom is -0.480 e. The molecule has 7 nitrogen and oxygen atoms in total. The summed E-state index contributed by atoms with van der Waals surface area (Å²) in [5, 5.41) is 16.9. The zero-order chi connectivity index (χ0) is 12.0. The molecule has 0 spiro atoms. The Hall–Kier alpha value is -0.480. The number of carboxylic acids is 2. The van der Waals surface area contributed by atoms with Gasteiger partial charge in [0.1, 0.15) is 16.8 Å². The van der Waals surface area contributed by atoms with E-state index in [1.54, 1.807) is 0 Å². The molecule has 0 radical (unpaired) electrons. The summed E-state index contributed by atoms with van der Waals surface area (Å²) in [5.41, 5.74) is 10.4.